The fourth-order valence-electron chi connectivity index (χ4n) is 2.72. The number of morpholine rings is 1. The minimum Gasteiger partial charge on any atom is -0.462 e. The van der Waals surface area contributed by atoms with E-state index in [1.165, 1.54) is 5.56 Å². The predicted octanol–water partition coefficient (Wildman–Crippen LogP) is 3.57. The third kappa shape index (κ3) is 3.95. The average molecular weight is 327 g/mol. The van der Waals surface area contributed by atoms with Crippen LogP contribution < -0.4 is 5.32 Å². The van der Waals surface area contributed by atoms with Gasteiger partial charge in [0, 0.05) is 11.5 Å². The largest absolute Gasteiger partial charge is 0.462 e. The summed E-state index contributed by atoms with van der Waals surface area (Å²) >= 11 is 1.75. The Hall–Kier alpha value is -1.78. The van der Waals surface area contributed by atoms with Gasteiger partial charge in [0.15, 0.2) is 0 Å². The number of benzene rings is 2. The molecule has 0 radical (unpaired) electrons. The molecule has 1 heterocycles. The van der Waals surface area contributed by atoms with Crippen LogP contribution in [0.2, 0.25) is 0 Å². The molecule has 2 atom stereocenters. The van der Waals surface area contributed by atoms with Crippen molar-refractivity contribution in [1.82, 2.24) is 5.32 Å². The molecule has 0 aromatic heterocycles. The molecule has 0 bridgehead atoms. The van der Waals surface area contributed by atoms with Crippen molar-refractivity contribution in [1.29, 1.82) is 0 Å². The summed E-state index contributed by atoms with van der Waals surface area (Å²) in [5, 5.41) is 3.49. The lowest BCUT2D eigenvalue weighted by molar-refractivity contribution is -0.156. The zero-order valence-corrected chi connectivity index (χ0v) is 14.0. The molecule has 4 heteroatoms. The molecule has 1 saturated heterocycles. The van der Waals surface area contributed by atoms with Crippen molar-refractivity contribution in [2.45, 2.75) is 24.3 Å². The third-order valence-corrected chi connectivity index (χ3v) is 5.35. The molecule has 3 nitrogen and oxygen atoms in total. The van der Waals surface area contributed by atoms with Crippen molar-refractivity contribution in [2.75, 3.05) is 12.4 Å². The molecule has 0 saturated carbocycles. The van der Waals surface area contributed by atoms with Crippen molar-refractivity contribution < 1.29 is 9.53 Å². The maximum absolute atomic E-state index is 12.2. The molecule has 0 aliphatic carbocycles. The van der Waals surface area contributed by atoms with Gasteiger partial charge in [0.05, 0.1) is 6.04 Å². The van der Waals surface area contributed by atoms with E-state index in [4.69, 9.17) is 4.74 Å². The van der Waals surface area contributed by atoms with Crippen LogP contribution in [0.4, 0.5) is 0 Å². The number of ether oxygens (including phenoxy) is 1. The van der Waals surface area contributed by atoms with Crippen molar-refractivity contribution in [3.8, 4) is 0 Å². The number of carbonyl (C=O) groups excluding carboxylic acids is 1. The minimum absolute atomic E-state index is 0.0521. The van der Waals surface area contributed by atoms with Gasteiger partial charge in [0.1, 0.15) is 12.1 Å². The van der Waals surface area contributed by atoms with Crippen molar-refractivity contribution in [3.05, 3.63) is 71.8 Å². The standard InChI is InChI=1S/C19H21NO2S/c1-19(14-23-13-15-8-4-2-5-9-15)18(21)22-12-17(20-19)16-10-6-3-7-11-16/h2-11,17,20H,12-14H2,1H3. The first-order valence-electron chi connectivity index (χ1n) is 7.79. The van der Waals surface area contributed by atoms with E-state index in [9.17, 15) is 4.79 Å². The maximum Gasteiger partial charge on any atom is 0.326 e. The lowest BCUT2D eigenvalue weighted by atomic mass is 9.98. The molecule has 1 fully saturated rings. The van der Waals surface area contributed by atoms with E-state index in [1.807, 2.05) is 43.3 Å². The number of esters is 1. The van der Waals surface area contributed by atoms with Crippen molar-refractivity contribution >= 4 is 17.7 Å². The normalized spacial score (nSPS) is 24.2. The average Bonchev–Trinajstić information content (AvgIpc) is 2.59. The number of carbonyl (C=O) groups is 1. The Morgan fingerprint density at radius 2 is 1.78 bits per heavy atom. The summed E-state index contributed by atoms with van der Waals surface area (Å²) < 4.78 is 5.45. The van der Waals surface area contributed by atoms with E-state index in [2.05, 4.69) is 29.6 Å². The molecule has 3 rings (SSSR count). The van der Waals surface area contributed by atoms with Crippen LogP contribution in [0.1, 0.15) is 24.1 Å². The van der Waals surface area contributed by atoms with Gasteiger partial charge >= 0.3 is 5.97 Å². The van der Waals surface area contributed by atoms with Gasteiger partial charge in [0.25, 0.3) is 0 Å². The number of hydrogen-bond donors (Lipinski definition) is 1. The molecule has 1 N–H and O–H groups in total. The number of nitrogens with one attached hydrogen (secondary N) is 1. The highest BCUT2D eigenvalue weighted by atomic mass is 32.2. The van der Waals surface area contributed by atoms with Gasteiger partial charge < -0.3 is 4.74 Å². The summed E-state index contributed by atoms with van der Waals surface area (Å²) in [7, 11) is 0. The van der Waals surface area contributed by atoms with E-state index in [0.29, 0.717) is 12.4 Å². The number of hydrogen-bond acceptors (Lipinski definition) is 4. The predicted molar refractivity (Wildman–Crippen MR) is 94.3 cm³/mol. The topological polar surface area (TPSA) is 38.3 Å². The summed E-state index contributed by atoms with van der Waals surface area (Å²) in [5.74, 6) is 1.41. The van der Waals surface area contributed by atoms with Crippen LogP contribution in [0.3, 0.4) is 0 Å². The van der Waals surface area contributed by atoms with E-state index in [1.54, 1.807) is 11.8 Å². The van der Waals surface area contributed by atoms with Gasteiger partial charge in [-0.05, 0) is 18.1 Å². The van der Waals surface area contributed by atoms with Crippen LogP contribution in [0.5, 0.6) is 0 Å². The number of rotatable bonds is 5. The van der Waals surface area contributed by atoms with Crippen LogP contribution in [0, 0.1) is 0 Å². The summed E-state index contributed by atoms with van der Waals surface area (Å²) in [6.07, 6.45) is 0. The highest BCUT2D eigenvalue weighted by Gasteiger charge is 2.41. The lowest BCUT2D eigenvalue weighted by Gasteiger charge is -2.37. The van der Waals surface area contributed by atoms with Gasteiger partial charge in [-0.3, -0.25) is 10.1 Å². The van der Waals surface area contributed by atoms with Gasteiger partial charge in [-0.25, -0.2) is 0 Å². The van der Waals surface area contributed by atoms with Crippen molar-refractivity contribution in [3.63, 3.8) is 0 Å². The zero-order valence-electron chi connectivity index (χ0n) is 13.2. The molecule has 2 unspecified atom stereocenters. The summed E-state index contributed by atoms with van der Waals surface area (Å²) in [6, 6.07) is 20.5. The SMILES string of the molecule is CC1(CSCc2ccccc2)NC(c2ccccc2)COC1=O. The van der Waals surface area contributed by atoms with Gasteiger partial charge in [-0.2, -0.15) is 11.8 Å². The van der Waals surface area contributed by atoms with E-state index in [0.717, 1.165) is 11.3 Å². The van der Waals surface area contributed by atoms with Crippen LogP contribution in [-0.2, 0) is 15.3 Å². The number of thioether (sulfide) groups is 1. The van der Waals surface area contributed by atoms with E-state index in [-0.39, 0.29) is 12.0 Å². The molecule has 1 aliphatic rings. The molecular formula is C19H21NO2S. The smallest absolute Gasteiger partial charge is 0.326 e. The first-order valence-corrected chi connectivity index (χ1v) is 8.94. The van der Waals surface area contributed by atoms with Crippen LogP contribution in [0.15, 0.2) is 60.7 Å². The molecule has 2 aromatic rings. The Balaban J connectivity index is 1.62. The fourth-order valence-corrected chi connectivity index (χ4v) is 3.86. The second kappa shape index (κ2) is 7.20. The van der Waals surface area contributed by atoms with Crippen LogP contribution in [0.25, 0.3) is 0 Å². The third-order valence-electron chi connectivity index (χ3n) is 4.03. The zero-order chi connectivity index (χ0) is 16.1. The second-order valence-electron chi connectivity index (χ2n) is 6.02. The molecule has 120 valence electrons. The summed E-state index contributed by atoms with van der Waals surface area (Å²) in [6.45, 7) is 2.32. The van der Waals surface area contributed by atoms with E-state index < -0.39 is 5.54 Å². The molecule has 0 amide bonds. The molecule has 0 spiro atoms. The molecule has 2 aromatic carbocycles. The number of cyclic esters (lactones) is 1. The van der Waals surface area contributed by atoms with Gasteiger partial charge in [-0.15, -0.1) is 0 Å². The highest BCUT2D eigenvalue weighted by molar-refractivity contribution is 7.98. The summed E-state index contributed by atoms with van der Waals surface area (Å²) in [5.41, 5.74) is 1.77. The highest BCUT2D eigenvalue weighted by Crippen LogP contribution is 2.27. The van der Waals surface area contributed by atoms with Crippen LogP contribution in [-0.4, -0.2) is 23.9 Å². The molecular weight excluding hydrogens is 306 g/mol. The lowest BCUT2D eigenvalue weighted by Crippen LogP contribution is -2.58. The quantitative estimate of drug-likeness (QED) is 0.852. The summed E-state index contributed by atoms with van der Waals surface area (Å²) in [4.78, 5) is 12.2. The Kier molecular flexibility index (Phi) is 5.03. The fraction of sp³-hybridized carbons (Fsp3) is 0.316. The second-order valence-corrected chi connectivity index (χ2v) is 7.00. The Morgan fingerprint density at radius 1 is 1.13 bits per heavy atom. The van der Waals surface area contributed by atoms with Crippen molar-refractivity contribution in [2.24, 2.45) is 0 Å². The Morgan fingerprint density at radius 3 is 2.48 bits per heavy atom. The minimum atomic E-state index is -0.655. The Labute approximate surface area is 141 Å². The monoisotopic (exact) mass is 327 g/mol. The molecule has 1 aliphatic heterocycles. The maximum atomic E-state index is 12.2. The van der Waals surface area contributed by atoms with Gasteiger partial charge in [0.2, 0.25) is 0 Å². The first kappa shape index (κ1) is 16.1. The van der Waals surface area contributed by atoms with Crippen LogP contribution >= 0.6 is 11.8 Å². The molecule has 23 heavy (non-hydrogen) atoms. The Bertz CT molecular complexity index is 647. The van der Waals surface area contributed by atoms with Gasteiger partial charge in [-0.1, -0.05) is 60.7 Å². The van der Waals surface area contributed by atoms with E-state index >= 15 is 0 Å². The first-order chi connectivity index (χ1) is 11.2.